The molecule has 0 bridgehead atoms. The Morgan fingerprint density at radius 1 is 1.00 bits per heavy atom. The van der Waals surface area contributed by atoms with Gasteiger partial charge < -0.3 is 20.9 Å². The van der Waals surface area contributed by atoms with Gasteiger partial charge in [-0.25, -0.2) is 0 Å². The van der Waals surface area contributed by atoms with Gasteiger partial charge in [-0.1, -0.05) is 56.0 Å². The third-order valence-corrected chi connectivity index (χ3v) is 7.19. The number of hydrogen-bond donors (Lipinski definition) is 3. The second-order valence-electron chi connectivity index (χ2n) is 9.63. The van der Waals surface area contributed by atoms with E-state index in [0.717, 1.165) is 64.6 Å². The predicted octanol–water partition coefficient (Wildman–Crippen LogP) is 2.87. The van der Waals surface area contributed by atoms with Crippen LogP contribution in [0.25, 0.3) is 0 Å². The van der Waals surface area contributed by atoms with Crippen LogP contribution in [0, 0.1) is 5.92 Å². The van der Waals surface area contributed by atoms with Gasteiger partial charge in [0.1, 0.15) is 6.04 Å². The van der Waals surface area contributed by atoms with Gasteiger partial charge in [-0.3, -0.25) is 9.59 Å². The molecule has 1 heterocycles. The third-order valence-electron chi connectivity index (χ3n) is 7.19. The molecule has 2 aliphatic rings. The molecule has 1 saturated heterocycles. The van der Waals surface area contributed by atoms with Crippen molar-refractivity contribution in [1.82, 2.24) is 20.9 Å². The van der Waals surface area contributed by atoms with E-state index in [1.54, 1.807) is 7.05 Å². The average molecular weight is 443 g/mol. The summed E-state index contributed by atoms with van der Waals surface area (Å²) in [5.41, 5.74) is 1.36. The summed E-state index contributed by atoms with van der Waals surface area (Å²) in [5, 5.41) is 9.39. The molecule has 0 spiro atoms. The van der Waals surface area contributed by atoms with Crippen LogP contribution in [-0.4, -0.2) is 61.5 Å². The van der Waals surface area contributed by atoms with Gasteiger partial charge in [-0.15, -0.1) is 0 Å². The van der Waals surface area contributed by atoms with E-state index in [2.05, 4.69) is 51.2 Å². The fourth-order valence-electron chi connectivity index (χ4n) is 5.04. The average Bonchev–Trinajstić information content (AvgIpc) is 3.06. The fraction of sp³-hybridized carbons (Fsp3) is 0.692. The highest BCUT2D eigenvalue weighted by Crippen LogP contribution is 2.27. The molecule has 0 unspecified atom stereocenters. The summed E-state index contributed by atoms with van der Waals surface area (Å²) < 4.78 is 0. The highest BCUT2D eigenvalue weighted by Gasteiger charge is 2.33. The lowest BCUT2D eigenvalue weighted by molar-refractivity contribution is -0.132. The molecular weight excluding hydrogens is 400 g/mol. The first-order chi connectivity index (χ1) is 15.6. The summed E-state index contributed by atoms with van der Waals surface area (Å²) in [6.45, 7) is 4.82. The molecule has 3 rings (SSSR count). The number of nitrogens with one attached hydrogen (secondary N) is 3. The van der Waals surface area contributed by atoms with Gasteiger partial charge in [0.15, 0.2) is 0 Å². The number of nitrogens with zero attached hydrogens (tertiary/aromatic N) is 1. The molecule has 32 heavy (non-hydrogen) atoms. The van der Waals surface area contributed by atoms with Crippen LogP contribution in [0.4, 0.5) is 0 Å². The van der Waals surface area contributed by atoms with Crippen LogP contribution in [0.3, 0.4) is 0 Å². The van der Waals surface area contributed by atoms with Gasteiger partial charge in [0, 0.05) is 19.1 Å². The van der Waals surface area contributed by atoms with E-state index in [4.69, 9.17) is 0 Å². The number of hydrogen-bond acceptors (Lipinski definition) is 4. The minimum atomic E-state index is -0.431. The van der Waals surface area contributed by atoms with Crippen LogP contribution in [-0.2, 0) is 16.0 Å². The van der Waals surface area contributed by atoms with Crippen molar-refractivity contribution in [2.24, 2.45) is 5.92 Å². The molecule has 1 aliphatic heterocycles. The van der Waals surface area contributed by atoms with E-state index in [1.165, 1.54) is 18.4 Å². The smallest absolute Gasteiger partial charge is 0.243 e. The van der Waals surface area contributed by atoms with Gasteiger partial charge in [0.05, 0.1) is 6.04 Å². The maximum absolute atomic E-state index is 13.4. The number of carbonyl (C=O) groups excluding carboxylic acids is 2. The van der Waals surface area contributed by atoms with Crippen LogP contribution >= 0.6 is 0 Å². The number of rotatable bonds is 9. The molecule has 3 N–H and O–H groups in total. The van der Waals surface area contributed by atoms with E-state index in [-0.39, 0.29) is 29.8 Å². The number of likely N-dealkylation sites (tertiary alicyclic amines) is 1. The molecule has 1 aromatic rings. The molecular formula is C26H42N4O2. The van der Waals surface area contributed by atoms with Crippen LogP contribution < -0.4 is 16.0 Å². The van der Waals surface area contributed by atoms with Crippen molar-refractivity contribution >= 4 is 11.8 Å². The summed E-state index contributed by atoms with van der Waals surface area (Å²) in [4.78, 5) is 28.5. The first-order valence-electron chi connectivity index (χ1n) is 12.6. The van der Waals surface area contributed by atoms with Crippen LogP contribution in [0.5, 0.6) is 0 Å². The van der Waals surface area contributed by atoms with Crippen LogP contribution in [0.2, 0.25) is 0 Å². The van der Waals surface area contributed by atoms with E-state index < -0.39 is 6.04 Å². The van der Waals surface area contributed by atoms with Crippen molar-refractivity contribution in [2.75, 3.05) is 26.7 Å². The van der Waals surface area contributed by atoms with E-state index >= 15 is 0 Å². The Morgan fingerprint density at radius 3 is 2.44 bits per heavy atom. The minimum Gasteiger partial charge on any atom is -0.350 e. The molecule has 3 atom stereocenters. The molecule has 6 nitrogen and oxygen atoms in total. The zero-order chi connectivity index (χ0) is 22.8. The Balaban J connectivity index is 1.59. The van der Waals surface area contributed by atoms with E-state index in [9.17, 15) is 9.59 Å². The maximum atomic E-state index is 13.4. The van der Waals surface area contributed by atoms with E-state index in [1.807, 2.05) is 6.92 Å². The third kappa shape index (κ3) is 7.59. The van der Waals surface area contributed by atoms with Crippen molar-refractivity contribution in [2.45, 2.75) is 82.8 Å². The van der Waals surface area contributed by atoms with Crippen LogP contribution in [0.1, 0.15) is 63.9 Å². The van der Waals surface area contributed by atoms with Crippen molar-refractivity contribution in [3.8, 4) is 0 Å². The molecule has 2 fully saturated rings. The van der Waals surface area contributed by atoms with Crippen LogP contribution in [0.15, 0.2) is 30.3 Å². The van der Waals surface area contributed by atoms with Gasteiger partial charge in [0.25, 0.3) is 0 Å². The largest absolute Gasteiger partial charge is 0.350 e. The second kappa shape index (κ2) is 12.9. The highest BCUT2D eigenvalue weighted by molar-refractivity contribution is 5.90. The Bertz CT molecular complexity index is 705. The number of carbonyl (C=O) groups is 2. The second-order valence-corrected chi connectivity index (χ2v) is 9.63. The SMILES string of the molecule is CN[C@@H](C)C(=O)N[C@H](C(=O)N[C@H]1CCCCN(CCc2ccccc2)C1)C1CCCCC1. The lowest BCUT2D eigenvalue weighted by Gasteiger charge is -2.32. The Hall–Kier alpha value is -1.92. The zero-order valence-corrected chi connectivity index (χ0v) is 19.9. The predicted molar refractivity (Wildman–Crippen MR) is 129 cm³/mol. The van der Waals surface area contributed by atoms with E-state index in [0.29, 0.717) is 0 Å². The number of likely N-dealkylation sites (N-methyl/N-ethyl adjacent to an activating group) is 1. The first kappa shape index (κ1) is 24.7. The molecule has 0 aromatic heterocycles. The number of benzene rings is 1. The molecule has 1 saturated carbocycles. The molecule has 1 aromatic carbocycles. The fourth-order valence-corrected chi connectivity index (χ4v) is 5.04. The first-order valence-corrected chi connectivity index (χ1v) is 12.6. The molecule has 6 heteroatoms. The van der Waals surface area contributed by atoms with Gasteiger partial charge in [0.2, 0.25) is 11.8 Å². The van der Waals surface area contributed by atoms with Crippen molar-refractivity contribution in [3.05, 3.63) is 35.9 Å². The summed E-state index contributed by atoms with van der Waals surface area (Å²) in [6, 6.07) is 10.0. The lowest BCUT2D eigenvalue weighted by Crippen LogP contribution is -2.57. The highest BCUT2D eigenvalue weighted by atomic mass is 16.2. The summed E-state index contributed by atoms with van der Waals surface area (Å²) >= 11 is 0. The number of amides is 2. The van der Waals surface area contributed by atoms with Crippen molar-refractivity contribution < 1.29 is 9.59 Å². The molecule has 178 valence electrons. The Labute approximate surface area is 193 Å². The normalized spacial score (nSPS) is 22.5. The Kier molecular flexibility index (Phi) is 10.0. The lowest BCUT2D eigenvalue weighted by atomic mass is 9.83. The summed E-state index contributed by atoms with van der Waals surface area (Å²) in [5.74, 6) is 0.142. The molecule has 1 aliphatic carbocycles. The van der Waals surface area contributed by atoms with Gasteiger partial charge >= 0.3 is 0 Å². The summed E-state index contributed by atoms with van der Waals surface area (Å²) in [7, 11) is 1.77. The quantitative estimate of drug-likeness (QED) is 0.550. The standard InChI is InChI=1S/C26H42N4O2/c1-20(27-2)25(31)29-24(22-13-7-4-8-14-22)26(32)28-23-15-9-10-17-30(19-23)18-16-21-11-5-3-6-12-21/h3,5-6,11-12,20,22-24,27H,4,7-10,13-19H2,1-2H3,(H,28,32)(H,29,31)/t20-,23-,24-/m0/s1. The topological polar surface area (TPSA) is 73.5 Å². The molecule has 0 radical (unpaired) electrons. The Morgan fingerprint density at radius 2 is 1.72 bits per heavy atom. The molecule has 2 amide bonds. The monoisotopic (exact) mass is 442 g/mol. The van der Waals surface area contributed by atoms with Gasteiger partial charge in [-0.2, -0.15) is 0 Å². The van der Waals surface area contributed by atoms with Crippen molar-refractivity contribution in [3.63, 3.8) is 0 Å². The van der Waals surface area contributed by atoms with Gasteiger partial charge in [-0.05, 0) is 64.1 Å². The van der Waals surface area contributed by atoms with Crippen molar-refractivity contribution in [1.29, 1.82) is 0 Å². The maximum Gasteiger partial charge on any atom is 0.243 e. The summed E-state index contributed by atoms with van der Waals surface area (Å²) in [6.07, 6.45) is 9.87. The zero-order valence-electron chi connectivity index (χ0n) is 19.9. The minimum absolute atomic E-state index is 0.00321.